The van der Waals surface area contributed by atoms with Gasteiger partial charge in [0.25, 0.3) is 0 Å². The van der Waals surface area contributed by atoms with Crippen molar-refractivity contribution in [3.05, 3.63) is 65.0 Å². The maximum atomic E-state index is 12.5. The van der Waals surface area contributed by atoms with Gasteiger partial charge in [-0.1, -0.05) is 26.0 Å². The van der Waals surface area contributed by atoms with Gasteiger partial charge < -0.3 is 14.4 Å². The minimum atomic E-state index is -0.963. The Morgan fingerprint density at radius 2 is 1.85 bits per heavy atom. The summed E-state index contributed by atoms with van der Waals surface area (Å²) in [7, 11) is 0. The minimum absolute atomic E-state index is 0.0276. The van der Waals surface area contributed by atoms with E-state index in [-0.39, 0.29) is 10.8 Å². The van der Waals surface area contributed by atoms with E-state index in [1.165, 1.54) is 11.8 Å². The molecule has 206 valence electrons. The van der Waals surface area contributed by atoms with E-state index in [9.17, 15) is 15.2 Å². The van der Waals surface area contributed by atoms with Gasteiger partial charge in [-0.25, -0.2) is 9.37 Å². The van der Waals surface area contributed by atoms with Crippen LogP contribution in [-0.2, 0) is 4.79 Å². The molecule has 6 nitrogen and oxygen atoms in total. The van der Waals surface area contributed by atoms with E-state index in [1.54, 1.807) is 6.08 Å². The molecular weight excluding hydrogens is 506 g/mol. The molecule has 1 aromatic rings. The summed E-state index contributed by atoms with van der Waals surface area (Å²) in [6.45, 7) is 16.0. The average Bonchev–Trinajstić information content (AvgIpc) is 3.16. The number of fused-ring (bicyclic) bond motifs is 2. The van der Waals surface area contributed by atoms with Gasteiger partial charge in [-0.3, -0.25) is 0 Å². The number of anilines is 1. The summed E-state index contributed by atoms with van der Waals surface area (Å²) in [4.78, 5) is 14.7. The first-order chi connectivity index (χ1) is 18.9. The molecule has 1 unspecified atom stereocenters. The van der Waals surface area contributed by atoms with Gasteiger partial charge in [-0.2, -0.15) is 5.26 Å². The zero-order chi connectivity index (χ0) is 28.5. The smallest absolute Gasteiger partial charge is 0.335 e. The van der Waals surface area contributed by atoms with Gasteiger partial charge in [0.1, 0.15) is 29.8 Å². The summed E-state index contributed by atoms with van der Waals surface area (Å²) >= 11 is 1.20. The van der Waals surface area contributed by atoms with Gasteiger partial charge in [0.05, 0.1) is 11.6 Å². The fourth-order valence-corrected chi connectivity index (χ4v) is 5.83. The fourth-order valence-electron chi connectivity index (χ4n) is 5.22. The van der Waals surface area contributed by atoms with E-state index < -0.39 is 5.97 Å². The second-order valence-corrected chi connectivity index (χ2v) is 10.1. The molecular formula is C32H40N3O3S+. The molecule has 0 bridgehead atoms. The van der Waals surface area contributed by atoms with E-state index in [0.717, 1.165) is 70.7 Å². The van der Waals surface area contributed by atoms with Crippen LogP contribution in [0.15, 0.2) is 58.5 Å². The second kappa shape index (κ2) is 14.0. The third-order valence-electron chi connectivity index (χ3n) is 7.14. The van der Waals surface area contributed by atoms with Crippen LogP contribution in [0.3, 0.4) is 0 Å². The number of nitriles is 1. The predicted molar refractivity (Wildman–Crippen MR) is 164 cm³/mol. The van der Waals surface area contributed by atoms with Crippen LogP contribution in [0.5, 0.6) is 0 Å². The van der Waals surface area contributed by atoms with Crippen LogP contribution < -0.4 is 14.8 Å². The zero-order valence-corrected chi connectivity index (χ0v) is 24.8. The van der Waals surface area contributed by atoms with Crippen LogP contribution in [0.2, 0.25) is 0 Å². The van der Waals surface area contributed by atoms with E-state index >= 15 is 0 Å². The number of carboxylic acid groups (broad SMARTS) is 1. The normalized spacial score (nSPS) is 14.9. The molecule has 1 aliphatic heterocycles. The number of benzene rings is 2. The highest BCUT2D eigenvalue weighted by atomic mass is 32.2. The molecule has 0 spiro atoms. The Balaban J connectivity index is 0.00000205. The second-order valence-electron chi connectivity index (χ2n) is 9.05. The summed E-state index contributed by atoms with van der Waals surface area (Å²) in [5.74, 6) is -0.242. The van der Waals surface area contributed by atoms with Gasteiger partial charge in [-0.05, 0) is 76.1 Å². The molecule has 0 amide bonds. The lowest BCUT2D eigenvalue weighted by Crippen LogP contribution is -2.29. The summed E-state index contributed by atoms with van der Waals surface area (Å²) in [6, 6.07) is 12.4. The molecule has 1 atom stereocenters. The predicted octanol–water partition coefficient (Wildman–Crippen LogP) is 6.99. The van der Waals surface area contributed by atoms with E-state index in [4.69, 9.17) is 4.42 Å². The lowest BCUT2D eigenvalue weighted by Gasteiger charge is -2.23. The highest BCUT2D eigenvalue weighted by molar-refractivity contribution is 8.04. The third-order valence-corrected chi connectivity index (χ3v) is 7.94. The van der Waals surface area contributed by atoms with Crippen molar-refractivity contribution in [1.82, 2.24) is 4.58 Å². The number of nitrogens with zero attached hydrogens (tertiary/aromatic N) is 3. The van der Waals surface area contributed by atoms with Crippen LogP contribution in [0, 0.1) is 10.7 Å². The first kappa shape index (κ1) is 30.0. The minimum Gasteiger partial charge on any atom is -0.478 e. The number of thioether (sulfide) groups is 1. The van der Waals surface area contributed by atoms with Gasteiger partial charge in [-0.15, -0.1) is 0 Å². The van der Waals surface area contributed by atoms with Crippen molar-refractivity contribution in [3.63, 3.8) is 0 Å². The standard InChI is InChI=1S/C30H33N3O3S.C2H6/c1-5-32(6-2)20-12-14-24-27(16-20)36-28-17-21(33(7-3)8-4)13-15-25(28)29(24)26-18-22(37-19-31)10-9-11-23(26)30(34)35;1-2/h9,11-17,22H,5-8,10,18H2,1-4H3;1-2H3/p+1. The van der Waals surface area contributed by atoms with E-state index in [2.05, 4.69) is 66.8 Å². The molecule has 1 aromatic carbocycles. The van der Waals surface area contributed by atoms with Crippen LogP contribution in [0.1, 0.15) is 59.9 Å². The molecule has 1 heterocycles. The number of aliphatic carboxylic acids is 1. The van der Waals surface area contributed by atoms with Crippen molar-refractivity contribution >= 4 is 40.0 Å². The Labute approximate surface area is 236 Å². The number of allylic oxidation sites excluding steroid dienone is 2. The zero-order valence-electron chi connectivity index (χ0n) is 24.0. The van der Waals surface area contributed by atoms with Crippen molar-refractivity contribution in [2.45, 2.75) is 59.6 Å². The summed E-state index contributed by atoms with van der Waals surface area (Å²) in [5.41, 5.74) is 4.56. The molecule has 39 heavy (non-hydrogen) atoms. The molecule has 2 aliphatic carbocycles. The SMILES string of the molecule is CC.CCN(CC)c1ccc2c(C3=C(C(=O)O)C=CCC(SC#N)C3)c3ccc(=[N+](CC)CC)cc-3oc2c1. The summed E-state index contributed by atoms with van der Waals surface area (Å²) in [6.07, 6.45) is 4.70. The van der Waals surface area contributed by atoms with Gasteiger partial charge >= 0.3 is 5.97 Å². The molecule has 7 heteroatoms. The van der Waals surface area contributed by atoms with Crippen molar-refractivity contribution in [3.8, 4) is 16.7 Å². The maximum absolute atomic E-state index is 12.5. The molecule has 0 radical (unpaired) electrons. The van der Waals surface area contributed by atoms with Gasteiger partial charge in [0, 0.05) is 52.7 Å². The molecule has 3 aliphatic rings. The van der Waals surface area contributed by atoms with E-state index in [1.807, 2.05) is 32.1 Å². The molecule has 1 N–H and O–H groups in total. The molecule has 0 saturated carbocycles. The number of carbonyl (C=O) groups is 1. The summed E-state index contributed by atoms with van der Waals surface area (Å²) in [5, 5.41) is 23.7. The lowest BCUT2D eigenvalue weighted by atomic mass is 9.88. The monoisotopic (exact) mass is 546 g/mol. The lowest BCUT2D eigenvalue weighted by molar-refractivity contribution is -0.132. The molecule has 0 fully saturated rings. The first-order valence-corrected chi connectivity index (χ1v) is 14.8. The topological polar surface area (TPSA) is 80.5 Å². The highest BCUT2D eigenvalue weighted by Crippen LogP contribution is 2.43. The summed E-state index contributed by atoms with van der Waals surface area (Å²) < 4.78 is 8.80. The number of thiocyanates is 1. The number of carboxylic acids is 1. The number of hydrogen-bond acceptors (Lipinski definition) is 5. The molecule has 0 aromatic heterocycles. The van der Waals surface area contributed by atoms with Gasteiger partial charge in [0.15, 0.2) is 0 Å². The largest absolute Gasteiger partial charge is 0.478 e. The highest BCUT2D eigenvalue weighted by Gasteiger charge is 2.27. The van der Waals surface area contributed by atoms with Crippen LogP contribution in [0.25, 0.3) is 27.9 Å². The molecule has 0 saturated heterocycles. The molecule has 4 rings (SSSR count). The van der Waals surface area contributed by atoms with Crippen LogP contribution >= 0.6 is 11.8 Å². The van der Waals surface area contributed by atoms with Crippen molar-refractivity contribution in [1.29, 1.82) is 5.26 Å². The first-order valence-electron chi connectivity index (χ1n) is 14.0. The Hall–Kier alpha value is -3.50. The average molecular weight is 547 g/mol. The Morgan fingerprint density at radius 1 is 1.13 bits per heavy atom. The van der Waals surface area contributed by atoms with Crippen LogP contribution in [0.4, 0.5) is 5.69 Å². The van der Waals surface area contributed by atoms with Crippen LogP contribution in [-0.4, -0.2) is 42.5 Å². The number of rotatable bonds is 8. The fraction of sp³-hybridized carbons (Fsp3) is 0.406. The quantitative estimate of drug-likeness (QED) is 0.186. The Morgan fingerprint density at radius 3 is 2.46 bits per heavy atom. The van der Waals surface area contributed by atoms with Gasteiger partial charge in [0.2, 0.25) is 5.36 Å². The van der Waals surface area contributed by atoms with E-state index in [0.29, 0.717) is 12.8 Å². The van der Waals surface area contributed by atoms with Crippen molar-refractivity contribution in [2.24, 2.45) is 0 Å². The third kappa shape index (κ3) is 6.39. The Bertz CT molecular complexity index is 1450. The van der Waals surface area contributed by atoms with Crippen molar-refractivity contribution in [2.75, 3.05) is 31.1 Å². The Kier molecular flexibility index (Phi) is 10.8. The van der Waals surface area contributed by atoms with Crippen molar-refractivity contribution < 1.29 is 14.3 Å². The number of hydrogen-bond donors (Lipinski definition) is 1. The maximum Gasteiger partial charge on any atom is 0.335 e.